The van der Waals surface area contributed by atoms with E-state index in [1.807, 2.05) is 44.2 Å². The summed E-state index contributed by atoms with van der Waals surface area (Å²) in [6.07, 6.45) is 2.47. The zero-order chi connectivity index (χ0) is 17.3. The van der Waals surface area contributed by atoms with Gasteiger partial charge in [0.25, 0.3) is 5.56 Å². The maximum Gasteiger partial charge on any atom is 0.277 e. The van der Waals surface area contributed by atoms with E-state index in [0.29, 0.717) is 5.52 Å². The third-order valence-electron chi connectivity index (χ3n) is 4.14. The average Bonchev–Trinajstić information content (AvgIpc) is 2.85. The number of carbonyl (C=O) groups is 1. The average molecular weight is 324 g/mol. The number of aromatic nitrogens is 3. The van der Waals surface area contributed by atoms with E-state index >= 15 is 0 Å². The molecule has 0 saturated heterocycles. The molecule has 0 aliphatic carbocycles. The standard InChI is InChI=1S/C18H20N4O2/c1-4-13-7-5-6-8-15(13)19-16(23)11-22-10-9-14-12(2)20-21(3)17(14)18(22)24/h5-10H,4,11H2,1-3H3,(H,19,23). The molecule has 124 valence electrons. The van der Waals surface area contributed by atoms with Gasteiger partial charge in [-0.05, 0) is 31.0 Å². The fraction of sp³-hybridized carbons (Fsp3) is 0.278. The van der Waals surface area contributed by atoms with Crippen LogP contribution in [0.2, 0.25) is 0 Å². The van der Waals surface area contributed by atoms with Crippen LogP contribution in [0.1, 0.15) is 18.2 Å². The minimum atomic E-state index is -0.226. The second kappa shape index (κ2) is 6.31. The lowest BCUT2D eigenvalue weighted by molar-refractivity contribution is -0.116. The minimum Gasteiger partial charge on any atom is -0.324 e. The number of para-hydroxylation sites is 1. The SMILES string of the molecule is CCc1ccccc1NC(=O)Cn1ccc2c(C)nn(C)c2c1=O. The highest BCUT2D eigenvalue weighted by molar-refractivity contribution is 5.91. The Bertz CT molecular complexity index is 969. The number of hydrogen-bond acceptors (Lipinski definition) is 3. The van der Waals surface area contributed by atoms with Gasteiger partial charge in [0, 0.05) is 24.3 Å². The fourth-order valence-corrected chi connectivity index (χ4v) is 2.92. The summed E-state index contributed by atoms with van der Waals surface area (Å²) in [5, 5.41) is 7.96. The maximum absolute atomic E-state index is 12.6. The first-order valence-electron chi connectivity index (χ1n) is 7.91. The summed E-state index contributed by atoms with van der Waals surface area (Å²) in [5.74, 6) is -0.226. The monoisotopic (exact) mass is 324 g/mol. The van der Waals surface area contributed by atoms with Crippen LogP contribution in [0.3, 0.4) is 0 Å². The summed E-state index contributed by atoms with van der Waals surface area (Å²) in [5.41, 5.74) is 2.95. The molecule has 6 heteroatoms. The van der Waals surface area contributed by atoms with Crippen molar-refractivity contribution in [3.8, 4) is 0 Å². The molecular weight excluding hydrogens is 304 g/mol. The third-order valence-corrected chi connectivity index (χ3v) is 4.14. The number of rotatable bonds is 4. The Labute approximate surface area is 139 Å². The van der Waals surface area contributed by atoms with Gasteiger partial charge in [0.1, 0.15) is 12.1 Å². The van der Waals surface area contributed by atoms with E-state index in [4.69, 9.17) is 0 Å². The number of anilines is 1. The molecule has 0 unspecified atom stereocenters. The normalized spacial score (nSPS) is 11.0. The first-order chi connectivity index (χ1) is 11.5. The molecule has 0 radical (unpaired) electrons. The van der Waals surface area contributed by atoms with Crippen LogP contribution in [0.25, 0.3) is 10.9 Å². The highest BCUT2D eigenvalue weighted by atomic mass is 16.2. The van der Waals surface area contributed by atoms with E-state index in [1.54, 1.807) is 17.9 Å². The molecule has 2 aromatic heterocycles. The van der Waals surface area contributed by atoms with Crippen molar-refractivity contribution in [2.75, 3.05) is 5.32 Å². The molecule has 0 spiro atoms. The number of carbonyl (C=O) groups excluding carboxylic acids is 1. The van der Waals surface area contributed by atoms with Crippen LogP contribution in [0.5, 0.6) is 0 Å². The van der Waals surface area contributed by atoms with Gasteiger partial charge in [-0.25, -0.2) is 0 Å². The molecule has 0 fully saturated rings. The van der Waals surface area contributed by atoms with Crippen LogP contribution in [-0.2, 0) is 24.8 Å². The molecule has 0 aliphatic heterocycles. The van der Waals surface area contributed by atoms with Crippen molar-refractivity contribution in [2.24, 2.45) is 7.05 Å². The molecule has 0 aliphatic rings. The lowest BCUT2D eigenvalue weighted by Crippen LogP contribution is -2.28. The summed E-state index contributed by atoms with van der Waals surface area (Å²) >= 11 is 0. The lowest BCUT2D eigenvalue weighted by Gasteiger charge is -2.11. The second-order valence-corrected chi connectivity index (χ2v) is 5.78. The Morgan fingerprint density at radius 2 is 2.00 bits per heavy atom. The molecular formula is C18H20N4O2. The highest BCUT2D eigenvalue weighted by Crippen LogP contribution is 2.16. The molecule has 1 aromatic carbocycles. The van der Waals surface area contributed by atoms with Crippen molar-refractivity contribution in [2.45, 2.75) is 26.8 Å². The zero-order valence-corrected chi connectivity index (χ0v) is 14.0. The number of nitrogens with zero attached hydrogens (tertiary/aromatic N) is 3. The number of fused-ring (bicyclic) bond motifs is 1. The van der Waals surface area contributed by atoms with Crippen LogP contribution in [0.15, 0.2) is 41.3 Å². The lowest BCUT2D eigenvalue weighted by atomic mass is 10.1. The Kier molecular flexibility index (Phi) is 4.20. The van der Waals surface area contributed by atoms with Crippen molar-refractivity contribution < 1.29 is 4.79 Å². The van der Waals surface area contributed by atoms with Crippen LogP contribution in [0.4, 0.5) is 5.69 Å². The molecule has 0 saturated carbocycles. The highest BCUT2D eigenvalue weighted by Gasteiger charge is 2.13. The van der Waals surface area contributed by atoms with Gasteiger partial charge in [-0.1, -0.05) is 25.1 Å². The van der Waals surface area contributed by atoms with Crippen LogP contribution in [-0.4, -0.2) is 20.3 Å². The fourth-order valence-electron chi connectivity index (χ4n) is 2.92. The Morgan fingerprint density at radius 3 is 2.75 bits per heavy atom. The number of pyridine rings is 1. The summed E-state index contributed by atoms with van der Waals surface area (Å²) in [4.78, 5) is 24.9. The number of aryl methyl sites for hydroxylation is 3. The molecule has 2 heterocycles. The smallest absolute Gasteiger partial charge is 0.277 e. The van der Waals surface area contributed by atoms with E-state index in [1.165, 1.54) is 4.57 Å². The Hall–Kier alpha value is -2.89. The Balaban J connectivity index is 1.87. The first-order valence-corrected chi connectivity index (χ1v) is 7.91. The predicted octanol–water partition coefficient (Wildman–Crippen LogP) is 2.24. The number of hydrogen-bond donors (Lipinski definition) is 1. The van der Waals surface area contributed by atoms with Gasteiger partial charge in [-0.15, -0.1) is 0 Å². The van der Waals surface area contributed by atoms with E-state index in [-0.39, 0.29) is 18.0 Å². The van der Waals surface area contributed by atoms with Crippen molar-refractivity contribution in [3.05, 3.63) is 58.1 Å². The number of benzene rings is 1. The van der Waals surface area contributed by atoms with E-state index in [9.17, 15) is 9.59 Å². The maximum atomic E-state index is 12.6. The van der Waals surface area contributed by atoms with E-state index in [0.717, 1.165) is 28.8 Å². The van der Waals surface area contributed by atoms with Gasteiger partial charge in [0.2, 0.25) is 5.91 Å². The van der Waals surface area contributed by atoms with Gasteiger partial charge >= 0.3 is 0 Å². The van der Waals surface area contributed by atoms with Crippen molar-refractivity contribution in [1.82, 2.24) is 14.3 Å². The van der Waals surface area contributed by atoms with Crippen molar-refractivity contribution >= 4 is 22.5 Å². The Morgan fingerprint density at radius 1 is 1.25 bits per heavy atom. The molecule has 1 N–H and O–H groups in total. The summed E-state index contributed by atoms with van der Waals surface area (Å²) in [7, 11) is 1.73. The van der Waals surface area contributed by atoms with E-state index < -0.39 is 0 Å². The van der Waals surface area contributed by atoms with Crippen LogP contribution < -0.4 is 10.9 Å². The van der Waals surface area contributed by atoms with Gasteiger partial charge < -0.3 is 9.88 Å². The number of amides is 1. The minimum absolute atomic E-state index is 0.0307. The van der Waals surface area contributed by atoms with Crippen molar-refractivity contribution in [3.63, 3.8) is 0 Å². The second-order valence-electron chi connectivity index (χ2n) is 5.78. The molecule has 6 nitrogen and oxygen atoms in total. The first kappa shape index (κ1) is 16.0. The molecule has 0 atom stereocenters. The predicted molar refractivity (Wildman–Crippen MR) is 94.2 cm³/mol. The van der Waals surface area contributed by atoms with Crippen LogP contribution in [0, 0.1) is 6.92 Å². The molecule has 1 amide bonds. The molecule has 3 aromatic rings. The topological polar surface area (TPSA) is 68.9 Å². The largest absolute Gasteiger partial charge is 0.324 e. The molecule has 0 bridgehead atoms. The van der Waals surface area contributed by atoms with Gasteiger partial charge in [0.05, 0.1) is 5.69 Å². The van der Waals surface area contributed by atoms with E-state index in [2.05, 4.69) is 10.4 Å². The summed E-state index contributed by atoms with van der Waals surface area (Å²) in [6, 6.07) is 9.49. The van der Waals surface area contributed by atoms with Gasteiger partial charge in [-0.2, -0.15) is 5.10 Å². The quantitative estimate of drug-likeness (QED) is 0.800. The third kappa shape index (κ3) is 2.82. The van der Waals surface area contributed by atoms with Gasteiger partial charge in [0.15, 0.2) is 0 Å². The molecule has 24 heavy (non-hydrogen) atoms. The van der Waals surface area contributed by atoms with Crippen molar-refractivity contribution in [1.29, 1.82) is 0 Å². The summed E-state index contributed by atoms with van der Waals surface area (Å²) in [6.45, 7) is 3.87. The molecule has 3 rings (SSSR count). The zero-order valence-electron chi connectivity index (χ0n) is 14.0. The van der Waals surface area contributed by atoms with Crippen LogP contribution >= 0.6 is 0 Å². The van der Waals surface area contributed by atoms with Gasteiger partial charge in [-0.3, -0.25) is 14.3 Å². The number of nitrogens with one attached hydrogen (secondary N) is 1. The summed E-state index contributed by atoms with van der Waals surface area (Å²) < 4.78 is 2.97.